The SMILES string of the molecule is O=C1CO[C@@H](COc2ccc(F)cc2)CN1C1CCN(CCCn2cccn2)CC1. The highest BCUT2D eigenvalue weighted by atomic mass is 19.1. The lowest BCUT2D eigenvalue weighted by Gasteiger charge is -2.42. The lowest BCUT2D eigenvalue weighted by Crippen LogP contribution is -2.55. The molecule has 0 spiro atoms. The molecule has 1 aromatic heterocycles. The molecule has 8 heteroatoms. The van der Waals surface area contributed by atoms with Crippen LogP contribution in [0.25, 0.3) is 0 Å². The van der Waals surface area contributed by atoms with Crippen LogP contribution in [0.15, 0.2) is 42.7 Å². The molecule has 0 unspecified atom stereocenters. The highest BCUT2D eigenvalue weighted by Gasteiger charge is 2.33. The van der Waals surface area contributed by atoms with E-state index in [0.29, 0.717) is 18.9 Å². The number of aryl methyl sites for hydroxylation is 1. The predicted octanol–water partition coefficient (Wildman–Crippen LogP) is 2.18. The van der Waals surface area contributed by atoms with Gasteiger partial charge in [-0.2, -0.15) is 5.10 Å². The molecule has 0 radical (unpaired) electrons. The fraction of sp³-hybridized carbons (Fsp3) is 0.545. The Kier molecular flexibility index (Phi) is 6.96. The fourth-order valence-electron chi connectivity index (χ4n) is 4.16. The van der Waals surface area contributed by atoms with Crippen molar-refractivity contribution in [3.05, 3.63) is 48.5 Å². The molecule has 162 valence electrons. The molecule has 0 saturated carbocycles. The number of hydrogen-bond donors (Lipinski definition) is 0. The van der Waals surface area contributed by atoms with Crippen molar-refractivity contribution in [2.45, 2.75) is 38.0 Å². The van der Waals surface area contributed by atoms with E-state index in [4.69, 9.17) is 9.47 Å². The zero-order chi connectivity index (χ0) is 20.8. The quantitative estimate of drug-likeness (QED) is 0.660. The molecule has 30 heavy (non-hydrogen) atoms. The van der Waals surface area contributed by atoms with Gasteiger partial charge in [0.25, 0.3) is 0 Å². The average Bonchev–Trinajstić information content (AvgIpc) is 3.28. The van der Waals surface area contributed by atoms with Gasteiger partial charge in [0.1, 0.15) is 30.9 Å². The second-order valence-corrected chi connectivity index (χ2v) is 7.94. The summed E-state index contributed by atoms with van der Waals surface area (Å²) in [5.41, 5.74) is 0. The van der Waals surface area contributed by atoms with E-state index in [1.807, 2.05) is 28.0 Å². The summed E-state index contributed by atoms with van der Waals surface area (Å²) in [6, 6.07) is 8.15. The molecule has 3 heterocycles. The molecule has 7 nitrogen and oxygen atoms in total. The van der Waals surface area contributed by atoms with Crippen molar-refractivity contribution in [3.8, 4) is 5.75 Å². The summed E-state index contributed by atoms with van der Waals surface area (Å²) in [6.07, 6.45) is 6.68. The van der Waals surface area contributed by atoms with E-state index in [2.05, 4.69) is 10.00 Å². The Bertz CT molecular complexity index is 791. The molecule has 4 rings (SSSR count). The van der Waals surface area contributed by atoms with Crippen molar-refractivity contribution in [3.63, 3.8) is 0 Å². The number of morpholine rings is 1. The minimum absolute atomic E-state index is 0.0603. The third-order valence-corrected chi connectivity index (χ3v) is 5.83. The van der Waals surface area contributed by atoms with Crippen molar-refractivity contribution >= 4 is 5.91 Å². The van der Waals surface area contributed by atoms with Gasteiger partial charge >= 0.3 is 0 Å². The Balaban J connectivity index is 1.20. The summed E-state index contributed by atoms with van der Waals surface area (Å²) >= 11 is 0. The van der Waals surface area contributed by atoms with Crippen LogP contribution in [0, 0.1) is 5.82 Å². The first kappa shape index (κ1) is 20.8. The highest BCUT2D eigenvalue weighted by Crippen LogP contribution is 2.21. The molecule has 2 fully saturated rings. The van der Waals surface area contributed by atoms with E-state index in [-0.39, 0.29) is 30.5 Å². The molecule has 2 saturated heterocycles. The number of ether oxygens (including phenoxy) is 2. The standard InChI is InChI=1S/C22H29FN4O3/c23-18-3-5-20(6-4-18)29-16-21-15-27(22(28)17-30-21)19-7-13-25(14-8-19)10-2-12-26-11-1-9-24-26/h1,3-6,9,11,19,21H,2,7-8,10,12-17H2/t21-/m1/s1. The zero-order valence-electron chi connectivity index (χ0n) is 17.2. The number of nitrogens with zero attached hydrogens (tertiary/aromatic N) is 4. The monoisotopic (exact) mass is 416 g/mol. The second kappa shape index (κ2) is 10.0. The third-order valence-electron chi connectivity index (χ3n) is 5.83. The van der Waals surface area contributed by atoms with Gasteiger partial charge in [-0.25, -0.2) is 4.39 Å². The van der Waals surface area contributed by atoms with Crippen molar-refractivity contribution in [1.29, 1.82) is 0 Å². The normalized spacial score (nSPS) is 21.2. The van der Waals surface area contributed by atoms with E-state index in [9.17, 15) is 9.18 Å². The van der Waals surface area contributed by atoms with Gasteiger partial charge in [-0.15, -0.1) is 0 Å². The van der Waals surface area contributed by atoms with Gasteiger partial charge < -0.3 is 19.3 Å². The number of aromatic nitrogens is 2. The number of amides is 1. The first-order valence-electron chi connectivity index (χ1n) is 10.7. The maximum absolute atomic E-state index is 13.0. The molecule has 0 N–H and O–H groups in total. The smallest absolute Gasteiger partial charge is 0.248 e. The van der Waals surface area contributed by atoms with Crippen molar-refractivity contribution in [2.24, 2.45) is 0 Å². The molecule has 0 bridgehead atoms. The number of halogens is 1. The first-order valence-corrected chi connectivity index (χ1v) is 10.7. The van der Waals surface area contributed by atoms with E-state index in [0.717, 1.165) is 45.4 Å². The summed E-state index contributed by atoms with van der Waals surface area (Å²) < 4.78 is 26.4. The molecule has 1 amide bonds. The molecule has 2 aliphatic rings. The Labute approximate surface area is 176 Å². The molecular weight excluding hydrogens is 387 g/mol. The first-order chi connectivity index (χ1) is 14.7. The maximum atomic E-state index is 13.0. The van der Waals surface area contributed by atoms with E-state index >= 15 is 0 Å². The van der Waals surface area contributed by atoms with Crippen LogP contribution in [0.4, 0.5) is 4.39 Å². The summed E-state index contributed by atoms with van der Waals surface area (Å²) in [4.78, 5) is 16.9. The molecule has 1 atom stereocenters. The number of piperidine rings is 1. The van der Waals surface area contributed by atoms with Gasteiger partial charge in [-0.05, 0) is 56.1 Å². The summed E-state index contributed by atoms with van der Waals surface area (Å²) in [7, 11) is 0. The number of hydrogen-bond acceptors (Lipinski definition) is 5. The molecule has 0 aliphatic carbocycles. The van der Waals surface area contributed by atoms with E-state index in [1.165, 1.54) is 12.1 Å². The number of benzene rings is 1. The molecular formula is C22H29FN4O3. The Morgan fingerprint density at radius 2 is 1.97 bits per heavy atom. The van der Waals surface area contributed by atoms with Crippen molar-refractivity contribution < 1.29 is 18.7 Å². The van der Waals surface area contributed by atoms with Crippen LogP contribution >= 0.6 is 0 Å². The highest BCUT2D eigenvalue weighted by molar-refractivity contribution is 5.78. The van der Waals surface area contributed by atoms with Crippen LogP contribution in [0.3, 0.4) is 0 Å². The average molecular weight is 416 g/mol. The molecule has 2 aromatic rings. The summed E-state index contributed by atoms with van der Waals surface area (Å²) in [5, 5.41) is 4.24. The molecule has 2 aliphatic heterocycles. The Morgan fingerprint density at radius 1 is 1.17 bits per heavy atom. The lowest BCUT2D eigenvalue weighted by molar-refractivity contribution is -0.155. The van der Waals surface area contributed by atoms with Crippen LogP contribution in [0.1, 0.15) is 19.3 Å². The van der Waals surface area contributed by atoms with E-state index < -0.39 is 0 Å². The van der Waals surface area contributed by atoms with Crippen LogP contribution in [-0.2, 0) is 16.1 Å². The molecule has 1 aromatic carbocycles. The van der Waals surface area contributed by atoms with Gasteiger partial charge in [-0.1, -0.05) is 0 Å². The zero-order valence-corrected chi connectivity index (χ0v) is 17.2. The van der Waals surface area contributed by atoms with Crippen LogP contribution < -0.4 is 4.74 Å². The van der Waals surface area contributed by atoms with Crippen LogP contribution in [-0.4, -0.2) is 77.0 Å². The fourth-order valence-corrected chi connectivity index (χ4v) is 4.16. The minimum atomic E-state index is -0.291. The second-order valence-electron chi connectivity index (χ2n) is 7.94. The largest absolute Gasteiger partial charge is 0.491 e. The van der Waals surface area contributed by atoms with Gasteiger partial charge in [0.05, 0.1) is 6.54 Å². The third kappa shape index (κ3) is 5.58. The maximum Gasteiger partial charge on any atom is 0.248 e. The number of carbonyl (C=O) groups excluding carboxylic acids is 1. The van der Waals surface area contributed by atoms with Crippen molar-refractivity contribution in [2.75, 3.05) is 39.4 Å². The van der Waals surface area contributed by atoms with Gasteiger partial charge in [0.15, 0.2) is 0 Å². The predicted molar refractivity (Wildman–Crippen MR) is 110 cm³/mol. The summed E-state index contributed by atoms with van der Waals surface area (Å²) in [5.74, 6) is 0.373. The van der Waals surface area contributed by atoms with E-state index in [1.54, 1.807) is 12.1 Å². The minimum Gasteiger partial charge on any atom is -0.491 e. The number of rotatable bonds is 8. The van der Waals surface area contributed by atoms with Crippen LogP contribution in [0.5, 0.6) is 5.75 Å². The van der Waals surface area contributed by atoms with Crippen molar-refractivity contribution in [1.82, 2.24) is 19.6 Å². The Hall–Kier alpha value is -2.45. The van der Waals surface area contributed by atoms with Gasteiger partial charge in [0.2, 0.25) is 5.91 Å². The lowest BCUT2D eigenvalue weighted by atomic mass is 10.0. The Morgan fingerprint density at radius 3 is 2.70 bits per heavy atom. The van der Waals surface area contributed by atoms with Gasteiger partial charge in [0, 0.05) is 38.1 Å². The number of likely N-dealkylation sites (tertiary alicyclic amines) is 1. The summed E-state index contributed by atoms with van der Waals surface area (Å²) in [6.45, 7) is 4.99. The number of carbonyl (C=O) groups is 1. The topological polar surface area (TPSA) is 59.8 Å². The van der Waals surface area contributed by atoms with Crippen LogP contribution in [0.2, 0.25) is 0 Å². The van der Waals surface area contributed by atoms with Gasteiger partial charge in [-0.3, -0.25) is 9.48 Å².